The number of phenolic OH excluding ortho intramolecular Hbond substituents is 2. The van der Waals surface area contributed by atoms with Crippen molar-refractivity contribution in [2.24, 2.45) is 0 Å². The van der Waals surface area contributed by atoms with E-state index in [-0.39, 0.29) is 40.2 Å². The maximum absolute atomic E-state index is 14.0. The van der Waals surface area contributed by atoms with E-state index in [1.807, 2.05) is 12.1 Å². The number of piperazine rings is 1. The molecule has 3 aromatic carbocycles. The highest BCUT2D eigenvalue weighted by Crippen LogP contribution is 2.52. The molecule has 3 aromatic rings. The summed E-state index contributed by atoms with van der Waals surface area (Å²) >= 11 is 0. The van der Waals surface area contributed by atoms with Gasteiger partial charge < -0.3 is 49.2 Å². The Balaban J connectivity index is 1.14. The zero-order valence-electron chi connectivity index (χ0n) is 32.9. The van der Waals surface area contributed by atoms with Crippen LogP contribution in [0.2, 0.25) is 0 Å². The molecule has 2 heterocycles. The number of hydrogen-bond acceptors (Lipinski definition) is 15. The number of nitrogens with zero attached hydrogens (tertiary/aromatic N) is 2. The third kappa shape index (κ3) is 7.77. The Morgan fingerprint density at radius 1 is 0.948 bits per heavy atom. The van der Waals surface area contributed by atoms with E-state index in [1.54, 1.807) is 19.1 Å². The minimum absolute atomic E-state index is 0.0563. The van der Waals surface area contributed by atoms with Crippen LogP contribution in [0.4, 0.5) is 4.79 Å². The van der Waals surface area contributed by atoms with Crippen molar-refractivity contribution in [1.29, 1.82) is 0 Å². The second-order valence-electron chi connectivity index (χ2n) is 15.4. The standard InChI is InChI=1S/C42H47N3O13/c1-21-40(56-23(3)47)28(43-41(52)57-25-11-9-24(10-12-25)20-45-15-13-44(4)14-16-45)17-31(55-21)58-30-19-42(53,22(2)46)18-27-33(30)39(51)35-34(37(27)49)36(48)26-7-6-8-29(54-5)32(26)38(35)50/h6-12,21,28,30-31,40,49,51,53H,13-20H2,1-5H3,(H,43,52)/t21?,28?,30-,31?,40?,42-/m0/s1. The number of carbonyl (C=O) groups excluding carboxylic acids is 5. The first kappa shape index (κ1) is 40.8. The maximum Gasteiger partial charge on any atom is 0.412 e. The number of hydrogen-bond donors (Lipinski definition) is 4. The molecular formula is C42H47N3O13. The average Bonchev–Trinajstić information content (AvgIpc) is 3.17. The summed E-state index contributed by atoms with van der Waals surface area (Å²) in [6.07, 6.45) is -6.43. The minimum Gasteiger partial charge on any atom is -0.507 e. The van der Waals surface area contributed by atoms with Crippen LogP contribution in [0, 0.1) is 0 Å². The van der Waals surface area contributed by atoms with Gasteiger partial charge in [0, 0.05) is 75.6 Å². The van der Waals surface area contributed by atoms with Gasteiger partial charge >= 0.3 is 12.1 Å². The predicted octanol–water partition coefficient (Wildman–Crippen LogP) is 3.18. The van der Waals surface area contributed by atoms with Gasteiger partial charge in [0.1, 0.15) is 34.7 Å². The number of amides is 1. The molecular weight excluding hydrogens is 754 g/mol. The summed E-state index contributed by atoms with van der Waals surface area (Å²) in [6.45, 7) is 8.62. The number of aliphatic hydroxyl groups is 1. The van der Waals surface area contributed by atoms with E-state index in [0.29, 0.717) is 0 Å². The molecule has 16 nitrogen and oxygen atoms in total. The third-order valence-corrected chi connectivity index (χ3v) is 11.5. The first-order chi connectivity index (χ1) is 27.6. The van der Waals surface area contributed by atoms with Crippen molar-refractivity contribution in [2.75, 3.05) is 40.3 Å². The Morgan fingerprint density at radius 3 is 2.29 bits per heavy atom. The summed E-state index contributed by atoms with van der Waals surface area (Å²) in [4.78, 5) is 70.8. The lowest BCUT2D eigenvalue weighted by molar-refractivity contribution is -0.252. The van der Waals surface area contributed by atoms with Gasteiger partial charge in [-0.05, 0) is 44.7 Å². The molecule has 4 aliphatic rings. The number of likely N-dealkylation sites (N-methyl/N-ethyl adjacent to an activating group) is 1. The van der Waals surface area contributed by atoms with Gasteiger partial charge in [0.2, 0.25) is 5.78 Å². The van der Waals surface area contributed by atoms with Crippen molar-refractivity contribution >= 4 is 29.4 Å². The van der Waals surface area contributed by atoms with E-state index < -0.39 is 101 Å². The second-order valence-corrected chi connectivity index (χ2v) is 15.4. The van der Waals surface area contributed by atoms with E-state index in [2.05, 4.69) is 22.2 Å². The fraction of sp³-hybridized carbons (Fsp3) is 0.452. The SMILES string of the molecule is COc1cccc2c1C(=O)c1c(O)c3c(c(O)c1C2=O)C[C@@](O)(C(C)=O)C[C@@H]3OC1CC(NC(=O)Oc2ccc(CN3CCN(C)CC3)cc2)C(OC(C)=O)C(C)O1. The first-order valence-electron chi connectivity index (χ1n) is 19.1. The summed E-state index contributed by atoms with van der Waals surface area (Å²) in [7, 11) is 3.42. The summed E-state index contributed by atoms with van der Waals surface area (Å²) in [5.41, 5.74) is -2.47. The number of aromatic hydroxyl groups is 2. The van der Waals surface area contributed by atoms with Gasteiger partial charge in [0.05, 0.1) is 42.0 Å². The van der Waals surface area contributed by atoms with Crippen LogP contribution in [0.1, 0.15) is 88.3 Å². The Kier molecular flexibility index (Phi) is 11.3. The minimum atomic E-state index is -2.12. The smallest absolute Gasteiger partial charge is 0.412 e. The van der Waals surface area contributed by atoms with Gasteiger partial charge in [-0.15, -0.1) is 0 Å². The van der Waals surface area contributed by atoms with Crippen LogP contribution in [0.3, 0.4) is 0 Å². The van der Waals surface area contributed by atoms with Crippen molar-refractivity contribution in [3.05, 3.63) is 81.4 Å². The molecule has 7 rings (SSSR count). The predicted molar refractivity (Wildman–Crippen MR) is 204 cm³/mol. The van der Waals surface area contributed by atoms with Crippen LogP contribution >= 0.6 is 0 Å². The van der Waals surface area contributed by atoms with Crippen molar-refractivity contribution in [2.45, 2.75) is 82.8 Å². The Morgan fingerprint density at radius 2 is 1.64 bits per heavy atom. The van der Waals surface area contributed by atoms with Crippen molar-refractivity contribution in [3.8, 4) is 23.0 Å². The molecule has 0 aromatic heterocycles. The zero-order chi connectivity index (χ0) is 41.6. The normalized spacial score (nSPS) is 25.9. The van der Waals surface area contributed by atoms with Gasteiger partial charge in [-0.1, -0.05) is 24.3 Å². The van der Waals surface area contributed by atoms with Crippen molar-refractivity contribution in [3.63, 3.8) is 0 Å². The molecule has 0 saturated carbocycles. The molecule has 0 radical (unpaired) electrons. The summed E-state index contributed by atoms with van der Waals surface area (Å²) in [5, 5.41) is 37.9. The molecule has 308 valence electrons. The Hall–Kier alpha value is -5.39. The number of ketones is 3. The van der Waals surface area contributed by atoms with Gasteiger partial charge in [-0.25, -0.2) is 4.79 Å². The van der Waals surface area contributed by atoms with E-state index in [0.717, 1.165) is 45.2 Å². The number of benzene rings is 3. The molecule has 4 N–H and O–H groups in total. The number of methoxy groups -OCH3 is 1. The molecule has 16 heteroatoms. The van der Waals surface area contributed by atoms with Crippen LogP contribution in [-0.4, -0.2) is 125 Å². The molecule has 58 heavy (non-hydrogen) atoms. The van der Waals surface area contributed by atoms with E-state index in [9.17, 15) is 39.3 Å². The number of Topliss-reactive ketones (excluding diaryl/α,β-unsaturated/α-hetero) is 1. The van der Waals surface area contributed by atoms with Gasteiger partial charge in [0.25, 0.3) is 0 Å². The zero-order valence-corrected chi connectivity index (χ0v) is 32.9. The molecule has 4 unspecified atom stereocenters. The lowest BCUT2D eigenvalue weighted by Crippen LogP contribution is -2.57. The average molecular weight is 802 g/mol. The number of carbonyl (C=O) groups is 5. The number of phenols is 2. The monoisotopic (exact) mass is 801 g/mol. The topological polar surface area (TPSA) is 211 Å². The molecule has 0 spiro atoms. The van der Waals surface area contributed by atoms with E-state index in [1.165, 1.54) is 32.2 Å². The molecule has 2 fully saturated rings. The largest absolute Gasteiger partial charge is 0.507 e. The molecule has 0 bridgehead atoms. The Labute approximate surface area is 334 Å². The van der Waals surface area contributed by atoms with Crippen LogP contribution in [0.15, 0.2) is 42.5 Å². The highest BCUT2D eigenvalue weighted by molar-refractivity contribution is 6.31. The summed E-state index contributed by atoms with van der Waals surface area (Å²) < 4.78 is 29.0. The van der Waals surface area contributed by atoms with Gasteiger partial charge in [-0.3, -0.25) is 24.1 Å². The molecule has 6 atom stereocenters. The number of esters is 1. The number of fused-ring (bicyclic) bond motifs is 3. The van der Waals surface area contributed by atoms with Crippen LogP contribution in [0.5, 0.6) is 23.0 Å². The fourth-order valence-corrected chi connectivity index (χ4v) is 8.34. The lowest BCUT2D eigenvalue weighted by atomic mass is 9.72. The van der Waals surface area contributed by atoms with Gasteiger partial charge in [-0.2, -0.15) is 0 Å². The van der Waals surface area contributed by atoms with Crippen LogP contribution in [-0.2, 0) is 36.8 Å². The van der Waals surface area contributed by atoms with Crippen molar-refractivity contribution in [1.82, 2.24) is 15.1 Å². The highest BCUT2D eigenvalue weighted by Gasteiger charge is 2.50. The highest BCUT2D eigenvalue weighted by atomic mass is 16.7. The van der Waals surface area contributed by atoms with Crippen LogP contribution in [0.25, 0.3) is 0 Å². The van der Waals surface area contributed by atoms with E-state index >= 15 is 0 Å². The number of rotatable bonds is 9. The summed E-state index contributed by atoms with van der Waals surface area (Å²) in [5.74, 6) is -3.87. The Bertz CT molecular complexity index is 2150. The number of ether oxygens (including phenoxy) is 5. The quantitative estimate of drug-likeness (QED) is 0.142. The maximum atomic E-state index is 14.0. The number of nitrogens with one attached hydrogen (secondary N) is 1. The molecule has 2 aliphatic heterocycles. The molecule has 1 amide bonds. The first-order valence-corrected chi connectivity index (χ1v) is 19.1. The van der Waals surface area contributed by atoms with Crippen molar-refractivity contribution < 1.29 is 63.0 Å². The van der Waals surface area contributed by atoms with Gasteiger partial charge in [0.15, 0.2) is 17.9 Å². The molecule has 2 aliphatic carbocycles. The second kappa shape index (κ2) is 16.1. The third-order valence-electron chi connectivity index (χ3n) is 11.5. The molecule has 2 saturated heterocycles. The van der Waals surface area contributed by atoms with Crippen LogP contribution < -0.4 is 14.8 Å². The van der Waals surface area contributed by atoms with E-state index in [4.69, 9.17) is 23.7 Å². The lowest BCUT2D eigenvalue weighted by Gasteiger charge is -2.43. The summed E-state index contributed by atoms with van der Waals surface area (Å²) in [6, 6.07) is 10.6. The fourth-order valence-electron chi connectivity index (χ4n) is 8.34.